The second kappa shape index (κ2) is 8.45. The first-order valence-corrected chi connectivity index (χ1v) is 9.31. The molecule has 0 radical (unpaired) electrons. The first-order valence-electron chi connectivity index (χ1n) is 8.53. The van der Waals surface area contributed by atoms with Gasteiger partial charge in [-0.05, 0) is 36.2 Å². The molecule has 1 aliphatic heterocycles. The third-order valence-corrected chi connectivity index (χ3v) is 5.34. The van der Waals surface area contributed by atoms with E-state index in [0.29, 0.717) is 30.2 Å². The number of nitrogens with zero attached hydrogens (tertiary/aromatic N) is 4. The molecule has 1 unspecified atom stereocenters. The molecule has 1 atom stereocenters. The van der Waals surface area contributed by atoms with Crippen LogP contribution in [0, 0.1) is 6.92 Å². The van der Waals surface area contributed by atoms with Gasteiger partial charge in [-0.3, -0.25) is 9.59 Å². The maximum absolute atomic E-state index is 12.8. The number of ether oxygens (including phenoxy) is 2. The predicted molar refractivity (Wildman–Crippen MR) is 99.8 cm³/mol. The molecule has 3 rings (SSSR count). The number of aromatic nitrogens is 2. The molecule has 1 saturated heterocycles. The number of carbonyl (C=O) groups is 2. The van der Waals surface area contributed by atoms with Crippen LogP contribution in [0.25, 0.3) is 0 Å². The Kier molecular flexibility index (Phi) is 6.02. The highest BCUT2D eigenvalue weighted by Crippen LogP contribution is 2.18. The smallest absolute Gasteiger partial charge is 0.268 e. The van der Waals surface area contributed by atoms with Gasteiger partial charge in [0.1, 0.15) is 17.2 Å². The van der Waals surface area contributed by atoms with Crippen molar-refractivity contribution in [2.24, 2.45) is 0 Å². The summed E-state index contributed by atoms with van der Waals surface area (Å²) in [5, 5.41) is 3.88. The number of aryl methyl sites for hydroxylation is 1. The molecule has 2 aromatic rings. The number of carbonyl (C=O) groups excluding carboxylic acids is 2. The molecule has 0 saturated carbocycles. The normalized spacial score (nSPS) is 17.7. The molecular weight excluding hydrogens is 368 g/mol. The number of rotatable bonds is 5. The minimum Gasteiger partial charge on any atom is -0.497 e. The van der Waals surface area contributed by atoms with Gasteiger partial charge in [0.05, 0.1) is 18.9 Å². The Morgan fingerprint density at radius 3 is 2.59 bits per heavy atom. The Bertz CT molecular complexity index is 808. The molecule has 8 nitrogen and oxygen atoms in total. The maximum atomic E-state index is 12.8. The molecule has 1 aromatic heterocycles. The summed E-state index contributed by atoms with van der Waals surface area (Å²) in [6.07, 6.45) is -0.264. The van der Waals surface area contributed by atoms with Crippen LogP contribution in [-0.4, -0.2) is 71.2 Å². The summed E-state index contributed by atoms with van der Waals surface area (Å²) in [4.78, 5) is 29.3. The molecule has 2 heterocycles. The summed E-state index contributed by atoms with van der Waals surface area (Å²) in [5.41, 5.74) is 1.56. The van der Waals surface area contributed by atoms with Crippen LogP contribution < -0.4 is 4.74 Å². The van der Waals surface area contributed by atoms with E-state index in [1.165, 1.54) is 4.90 Å². The second-order valence-electron chi connectivity index (χ2n) is 6.35. The van der Waals surface area contributed by atoms with E-state index in [9.17, 15) is 9.59 Å². The molecule has 0 spiro atoms. The van der Waals surface area contributed by atoms with Gasteiger partial charge in [-0.1, -0.05) is 16.6 Å². The van der Waals surface area contributed by atoms with Crippen LogP contribution >= 0.6 is 11.5 Å². The van der Waals surface area contributed by atoms with E-state index >= 15 is 0 Å². The predicted octanol–water partition coefficient (Wildman–Crippen LogP) is 1.35. The highest BCUT2D eigenvalue weighted by molar-refractivity contribution is 7.07. The average Bonchev–Trinajstić information content (AvgIpc) is 3.04. The van der Waals surface area contributed by atoms with Gasteiger partial charge in [-0.25, -0.2) is 0 Å². The number of amides is 2. The van der Waals surface area contributed by atoms with E-state index in [2.05, 4.69) is 9.59 Å². The molecule has 1 aliphatic rings. The fourth-order valence-corrected chi connectivity index (χ4v) is 3.58. The Hall–Kier alpha value is -2.52. The Morgan fingerprint density at radius 2 is 2.00 bits per heavy atom. The molecule has 0 N–H and O–H groups in total. The molecule has 144 valence electrons. The SMILES string of the molecule is COc1ccc(CN2CC(OC)CN(C(=O)c3snnc3C)CC2=O)cc1. The van der Waals surface area contributed by atoms with E-state index in [-0.39, 0.29) is 24.5 Å². The second-order valence-corrected chi connectivity index (χ2v) is 7.11. The number of methoxy groups -OCH3 is 2. The van der Waals surface area contributed by atoms with E-state index in [0.717, 1.165) is 22.8 Å². The summed E-state index contributed by atoms with van der Waals surface area (Å²) >= 11 is 1.05. The van der Waals surface area contributed by atoms with Crippen molar-refractivity contribution in [2.75, 3.05) is 33.9 Å². The average molecular weight is 390 g/mol. The fourth-order valence-electron chi connectivity index (χ4n) is 2.96. The number of hydrogen-bond acceptors (Lipinski definition) is 7. The lowest BCUT2D eigenvalue weighted by Gasteiger charge is -2.23. The first-order chi connectivity index (χ1) is 13.0. The lowest BCUT2D eigenvalue weighted by molar-refractivity contribution is -0.132. The van der Waals surface area contributed by atoms with E-state index in [1.54, 1.807) is 26.0 Å². The van der Waals surface area contributed by atoms with Gasteiger partial charge in [0.15, 0.2) is 0 Å². The molecule has 27 heavy (non-hydrogen) atoms. The quantitative estimate of drug-likeness (QED) is 0.766. The van der Waals surface area contributed by atoms with Crippen LogP contribution in [0.3, 0.4) is 0 Å². The highest BCUT2D eigenvalue weighted by atomic mass is 32.1. The minimum absolute atomic E-state index is 0.00614. The molecule has 2 amide bonds. The van der Waals surface area contributed by atoms with Crippen molar-refractivity contribution in [1.82, 2.24) is 19.4 Å². The van der Waals surface area contributed by atoms with Crippen LogP contribution in [0.5, 0.6) is 5.75 Å². The van der Waals surface area contributed by atoms with E-state index < -0.39 is 0 Å². The monoisotopic (exact) mass is 390 g/mol. The fraction of sp³-hybridized carbons (Fsp3) is 0.444. The zero-order valence-corrected chi connectivity index (χ0v) is 16.4. The molecular formula is C18H22N4O4S. The summed E-state index contributed by atoms with van der Waals surface area (Å²) in [6.45, 7) is 2.96. The van der Waals surface area contributed by atoms with Crippen molar-refractivity contribution in [3.05, 3.63) is 40.4 Å². The van der Waals surface area contributed by atoms with Gasteiger partial charge in [0, 0.05) is 26.7 Å². The Labute approximate surface area is 161 Å². The Balaban J connectivity index is 1.75. The van der Waals surface area contributed by atoms with Crippen molar-refractivity contribution in [3.8, 4) is 5.75 Å². The van der Waals surface area contributed by atoms with Crippen LogP contribution in [0.2, 0.25) is 0 Å². The highest BCUT2D eigenvalue weighted by Gasteiger charge is 2.32. The molecule has 0 bridgehead atoms. The van der Waals surface area contributed by atoms with Crippen molar-refractivity contribution in [3.63, 3.8) is 0 Å². The lowest BCUT2D eigenvalue weighted by Crippen LogP contribution is -2.39. The standard InChI is InChI=1S/C18H22N4O4S/c1-12-17(27-20-19-12)18(24)22-10-15(26-3)9-21(16(23)11-22)8-13-4-6-14(25-2)7-5-13/h4-7,15H,8-11H2,1-3H3. The zero-order chi connectivity index (χ0) is 19.4. The third-order valence-electron chi connectivity index (χ3n) is 4.53. The summed E-state index contributed by atoms with van der Waals surface area (Å²) in [6, 6.07) is 7.57. The summed E-state index contributed by atoms with van der Waals surface area (Å²) < 4.78 is 14.5. The number of hydrogen-bond donors (Lipinski definition) is 0. The van der Waals surface area contributed by atoms with Crippen molar-refractivity contribution in [1.29, 1.82) is 0 Å². The van der Waals surface area contributed by atoms with Gasteiger partial charge >= 0.3 is 0 Å². The maximum Gasteiger partial charge on any atom is 0.268 e. The van der Waals surface area contributed by atoms with Crippen molar-refractivity contribution >= 4 is 23.3 Å². The summed E-state index contributed by atoms with van der Waals surface area (Å²) in [5.74, 6) is 0.416. The van der Waals surface area contributed by atoms with Crippen LogP contribution in [0.15, 0.2) is 24.3 Å². The van der Waals surface area contributed by atoms with Gasteiger partial charge in [0.25, 0.3) is 5.91 Å². The minimum atomic E-state index is -0.264. The third kappa shape index (κ3) is 4.42. The Morgan fingerprint density at radius 1 is 1.26 bits per heavy atom. The summed E-state index contributed by atoms with van der Waals surface area (Å²) in [7, 11) is 3.21. The van der Waals surface area contributed by atoms with Gasteiger partial charge in [-0.15, -0.1) is 5.10 Å². The van der Waals surface area contributed by atoms with E-state index in [1.807, 2.05) is 24.3 Å². The van der Waals surface area contributed by atoms with Crippen molar-refractivity contribution < 1.29 is 19.1 Å². The van der Waals surface area contributed by atoms with Gasteiger partial charge < -0.3 is 19.3 Å². The first kappa shape index (κ1) is 19.2. The van der Waals surface area contributed by atoms with Crippen LogP contribution in [-0.2, 0) is 16.1 Å². The van der Waals surface area contributed by atoms with Crippen molar-refractivity contribution in [2.45, 2.75) is 19.6 Å². The van der Waals surface area contributed by atoms with E-state index in [4.69, 9.17) is 9.47 Å². The number of benzene rings is 1. The van der Waals surface area contributed by atoms with Gasteiger partial charge in [0.2, 0.25) is 5.91 Å². The topological polar surface area (TPSA) is 84.9 Å². The van der Waals surface area contributed by atoms with Crippen LogP contribution in [0.1, 0.15) is 20.9 Å². The lowest BCUT2D eigenvalue weighted by atomic mass is 10.2. The molecule has 1 fully saturated rings. The largest absolute Gasteiger partial charge is 0.497 e. The molecule has 0 aliphatic carbocycles. The zero-order valence-electron chi connectivity index (χ0n) is 15.5. The van der Waals surface area contributed by atoms with Crippen LogP contribution in [0.4, 0.5) is 0 Å². The molecule has 9 heteroatoms. The molecule has 1 aromatic carbocycles. The van der Waals surface area contributed by atoms with Gasteiger partial charge in [-0.2, -0.15) is 0 Å².